The molecule has 2 unspecified atom stereocenters. The standard InChI is InChI=1S/C17H29FN2/c1-13(2)10-14(3)20(5)17(4,12-19)11-15-8-6-7-9-16(15)18/h6-9,13-14H,10-12,19H2,1-5H3. The molecular weight excluding hydrogens is 251 g/mol. The van der Waals surface area contributed by atoms with Crippen LogP contribution in [0, 0.1) is 11.7 Å². The monoisotopic (exact) mass is 280 g/mol. The van der Waals surface area contributed by atoms with Crippen LogP contribution in [0.15, 0.2) is 24.3 Å². The van der Waals surface area contributed by atoms with E-state index in [9.17, 15) is 4.39 Å². The molecule has 0 bridgehead atoms. The molecule has 3 heteroatoms. The van der Waals surface area contributed by atoms with Crippen LogP contribution in [0.5, 0.6) is 0 Å². The summed E-state index contributed by atoms with van der Waals surface area (Å²) in [5.74, 6) is 0.500. The number of halogens is 1. The largest absolute Gasteiger partial charge is 0.329 e. The number of hydrogen-bond donors (Lipinski definition) is 1. The Morgan fingerprint density at radius 1 is 1.25 bits per heavy atom. The summed E-state index contributed by atoms with van der Waals surface area (Å²) < 4.78 is 13.9. The topological polar surface area (TPSA) is 29.3 Å². The average Bonchev–Trinajstić information content (AvgIpc) is 2.39. The van der Waals surface area contributed by atoms with Gasteiger partial charge in [-0.05, 0) is 51.3 Å². The lowest BCUT2D eigenvalue weighted by Crippen LogP contribution is -2.55. The summed E-state index contributed by atoms with van der Waals surface area (Å²) in [6.07, 6.45) is 1.75. The van der Waals surface area contributed by atoms with Gasteiger partial charge in [-0.15, -0.1) is 0 Å². The smallest absolute Gasteiger partial charge is 0.126 e. The predicted octanol–water partition coefficient (Wildman–Crippen LogP) is 3.45. The lowest BCUT2D eigenvalue weighted by molar-refractivity contribution is 0.0882. The van der Waals surface area contributed by atoms with Gasteiger partial charge in [0.1, 0.15) is 5.82 Å². The first-order valence-corrected chi connectivity index (χ1v) is 7.46. The van der Waals surface area contributed by atoms with Crippen molar-refractivity contribution in [3.05, 3.63) is 35.6 Å². The van der Waals surface area contributed by atoms with Crippen molar-refractivity contribution in [3.8, 4) is 0 Å². The van der Waals surface area contributed by atoms with Gasteiger partial charge in [0.2, 0.25) is 0 Å². The molecule has 0 radical (unpaired) electrons. The summed E-state index contributed by atoms with van der Waals surface area (Å²) in [5.41, 5.74) is 6.52. The minimum Gasteiger partial charge on any atom is -0.329 e. The van der Waals surface area contributed by atoms with Crippen molar-refractivity contribution < 1.29 is 4.39 Å². The molecule has 1 rings (SSSR count). The first-order chi connectivity index (χ1) is 9.30. The molecule has 0 aliphatic carbocycles. The minimum atomic E-state index is -0.226. The maximum Gasteiger partial charge on any atom is 0.126 e. The van der Waals surface area contributed by atoms with Gasteiger partial charge in [-0.3, -0.25) is 4.90 Å². The SMILES string of the molecule is CC(C)CC(C)N(C)C(C)(CN)Cc1ccccc1F. The Bertz CT molecular complexity index is 419. The second-order valence-corrected chi connectivity index (χ2v) is 6.56. The van der Waals surface area contributed by atoms with E-state index in [2.05, 4.69) is 39.6 Å². The van der Waals surface area contributed by atoms with E-state index in [1.165, 1.54) is 6.07 Å². The Kier molecular flexibility index (Phi) is 6.15. The van der Waals surface area contributed by atoms with Crippen LogP contribution in [0.2, 0.25) is 0 Å². The van der Waals surface area contributed by atoms with Gasteiger partial charge in [0.05, 0.1) is 0 Å². The van der Waals surface area contributed by atoms with Gasteiger partial charge in [-0.25, -0.2) is 4.39 Å². The lowest BCUT2D eigenvalue weighted by Gasteiger charge is -2.42. The predicted molar refractivity (Wildman–Crippen MR) is 84.2 cm³/mol. The second-order valence-electron chi connectivity index (χ2n) is 6.56. The highest BCUT2D eigenvalue weighted by atomic mass is 19.1. The van der Waals surface area contributed by atoms with Gasteiger partial charge in [0.15, 0.2) is 0 Å². The molecule has 20 heavy (non-hydrogen) atoms. The van der Waals surface area contributed by atoms with Gasteiger partial charge in [-0.1, -0.05) is 32.0 Å². The highest BCUT2D eigenvalue weighted by Crippen LogP contribution is 2.24. The number of nitrogens with two attached hydrogens (primary N) is 1. The van der Waals surface area contributed by atoms with Crippen molar-refractivity contribution in [2.24, 2.45) is 11.7 Å². The van der Waals surface area contributed by atoms with E-state index in [0.29, 0.717) is 24.9 Å². The molecule has 1 aromatic rings. The van der Waals surface area contributed by atoms with Crippen LogP contribution in [0.3, 0.4) is 0 Å². The Morgan fingerprint density at radius 3 is 2.35 bits per heavy atom. The quantitative estimate of drug-likeness (QED) is 0.829. The van der Waals surface area contributed by atoms with Crippen LogP contribution in [0.1, 0.15) is 39.7 Å². The molecule has 2 nitrogen and oxygen atoms in total. The van der Waals surface area contributed by atoms with Crippen molar-refractivity contribution in [1.82, 2.24) is 4.90 Å². The molecule has 0 aliphatic heterocycles. The third-order valence-corrected chi connectivity index (χ3v) is 4.29. The van der Waals surface area contributed by atoms with E-state index in [-0.39, 0.29) is 11.4 Å². The second kappa shape index (κ2) is 7.19. The summed E-state index contributed by atoms with van der Waals surface area (Å²) in [6, 6.07) is 7.40. The fourth-order valence-electron chi connectivity index (χ4n) is 2.77. The maximum atomic E-state index is 13.9. The zero-order valence-electron chi connectivity index (χ0n) is 13.5. The van der Waals surface area contributed by atoms with E-state index in [1.54, 1.807) is 6.07 Å². The first kappa shape index (κ1) is 17.1. The lowest BCUT2D eigenvalue weighted by atomic mass is 9.88. The Hall–Kier alpha value is -0.930. The summed E-state index contributed by atoms with van der Waals surface area (Å²) >= 11 is 0. The van der Waals surface area contributed by atoms with Gasteiger partial charge in [-0.2, -0.15) is 0 Å². The summed E-state index contributed by atoms with van der Waals surface area (Å²) in [6.45, 7) is 9.30. The zero-order valence-corrected chi connectivity index (χ0v) is 13.5. The molecular formula is C17H29FN2. The normalized spacial score (nSPS) is 16.4. The van der Waals surface area contributed by atoms with Crippen LogP contribution >= 0.6 is 0 Å². The van der Waals surface area contributed by atoms with E-state index in [0.717, 1.165) is 12.0 Å². The molecule has 0 amide bonds. The highest BCUT2D eigenvalue weighted by Gasteiger charge is 2.32. The number of likely N-dealkylation sites (N-methyl/N-ethyl adjacent to an activating group) is 1. The molecule has 114 valence electrons. The molecule has 0 heterocycles. The molecule has 0 fully saturated rings. The van der Waals surface area contributed by atoms with E-state index in [4.69, 9.17) is 5.73 Å². The molecule has 0 saturated heterocycles. The van der Waals surface area contributed by atoms with Crippen molar-refractivity contribution in [2.75, 3.05) is 13.6 Å². The molecule has 2 N–H and O–H groups in total. The molecule has 0 aliphatic rings. The number of nitrogens with zero attached hydrogens (tertiary/aromatic N) is 1. The Balaban J connectivity index is 2.88. The molecule has 0 aromatic heterocycles. The molecule has 1 aromatic carbocycles. The van der Waals surface area contributed by atoms with Gasteiger partial charge in [0, 0.05) is 18.1 Å². The fourth-order valence-corrected chi connectivity index (χ4v) is 2.77. The van der Waals surface area contributed by atoms with Crippen molar-refractivity contribution in [1.29, 1.82) is 0 Å². The zero-order chi connectivity index (χ0) is 15.3. The number of benzene rings is 1. The minimum absolute atomic E-state index is 0.142. The Morgan fingerprint density at radius 2 is 1.85 bits per heavy atom. The third-order valence-electron chi connectivity index (χ3n) is 4.29. The first-order valence-electron chi connectivity index (χ1n) is 7.46. The van der Waals surface area contributed by atoms with Crippen LogP contribution in [0.25, 0.3) is 0 Å². The van der Waals surface area contributed by atoms with Crippen molar-refractivity contribution in [3.63, 3.8) is 0 Å². The van der Waals surface area contributed by atoms with Crippen molar-refractivity contribution in [2.45, 2.75) is 52.1 Å². The van der Waals surface area contributed by atoms with Gasteiger partial charge < -0.3 is 5.73 Å². The fraction of sp³-hybridized carbons (Fsp3) is 0.647. The molecule has 2 atom stereocenters. The van der Waals surface area contributed by atoms with E-state index >= 15 is 0 Å². The van der Waals surface area contributed by atoms with Crippen LogP contribution in [0.4, 0.5) is 4.39 Å². The number of rotatable bonds is 7. The maximum absolute atomic E-state index is 13.9. The van der Waals surface area contributed by atoms with Crippen LogP contribution < -0.4 is 5.73 Å². The summed E-state index contributed by atoms with van der Waals surface area (Å²) in [7, 11) is 2.10. The molecule has 0 spiro atoms. The number of hydrogen-bond acceptors (Lipinski definition) is 2. The van der Waals surface area contributed by atoms with Crippen molar-refractivity contribution >= 4 is 0 Å². The van der Waals surface area contributed by atoms with Gasteiger partial charge in [0.25, 0.3) is 0 Å². The summed E-state index contributed by atoms with van der Waals surface area (Å²) in [4.78, 5) is 2.30. The molecule has 0 saturated carbocycles. The third kappa shape index (κ3) is 4.29. The van der Waals surface area contributed by atoms with E-state index < -0.39 is 0 Å². The van der Waals surface area contributed by atoms with Gasteiger partial charge >= 0.3 is 0 Å². The highest BCUT2D eigenvalue weighted by molar-refractivity contribution is 5.20. The van der Waals surface area contributed by atoms with Crippen LogP contribution in [-0.2, 0) is 6.42 Å². The summed E-state index contributed by atoms with van der Waals surface area (Å²) in [5, 5.41) is 0. The Labute approximate surface area is 123 Å². The average molecular weight is 280 g/mol. The van der Waals surface area contributed by atoms with Crippen LogP contribution in [-0.4, -0.2) is 30.1 Å². The van der Waals surface area contributed by atoms with E-state index in [1.807, 2.05) is 12.1 Å².